The first-order chi connectivity index (χ1) is 7.52. The van der Waals surface area contributed by atoms with Gasteiger partial charge in [0.1, 0.15) is 5.92 Å². The summed E-state index contributed by atoms with van der Waals surface area (Å²) in [5.41, 5.74) is 0. The zero-order chi connectivity index (χ0) is 12.6. The summed E-state index contributed by atoms with van der Waals surface area (Å²) in [5, 5.41) is 11.5. The van der Waals surface area contributed by atoms with Gasteiger partial charge in [-0.1, -0.05) is 6.92 Å². The number of nitriles is 1. The molecule has 0 aromatic heterocycles. The largest absolute Gasteiger partial charge is 0.355 e. The van der Waals surface area contributed by atoms with E-state index in [1.165, 1.54) is 0 Å². The Labute approximate surface area is 98.6 Å². The number of rotatable bonds is 7. The third kappa shape index (κ3) is 5.72. The molecule has 4 heteroatoms. The molecular weight excluding hydrogens is 202 g/mol. The minimum atomic E-state index is -0.497. The fraction of sp³-hybridized carbons (Fsp3) is 0.833. The standard InChI is InChI=1S/C12H23N3O/c1-5-11(9-13)12(16)14-7-6-8-15(4)10(2)3/h10-11H,5-8H2,1-4H3,(H,14,16). The smallest absolute Gasteiger partial charge is 0.237 e. The van der Waals surface area contributed by atoms with Crippen LogP contribution in [0.3, 0.4) is 0 Å². The van der Waals surface area contributed by atoms with Crippen LogP contribution in [0.4, 0.5) is 0 Å². The van der Waals surface area contributed by atoms with E-state index in [0.29, 0.717) is 19.0 Å². The molecule has 0 aliphatic carbocycles. The summed E-state index contributed by atoms with van der Waals surface area (Å²) in [7, 11) is 2.07. The van der Waals surface area contributed by atoms with Crippen LogP contribution in [-0.4, -0.2) is 37.0 Å². The van der Waals surface area contributed by atoms with Crippen molar-refractivity contribution in [1.82, 2.24) is 10.2 Å². The van der Waals surface area contributed by atoms with E-state index in [9.17, 15) is 4.79 Å². The fourth-order valence-electron chi connectivity index (χ4n) is 1.26. The second-order valence-corrected chi connectivity index (χ2v) is 4.31. The van der Waals surface area contributed by atoms with Crippen molar-refractivity contribution in [3.8, 4) is 6.07 Å². The number of amides is 1. The van der Waals surface area contributed by atoms with Gasteiger partial charge in [-0.05, 0) is 40.3 Å². The summed E-state index contributed by atoms with van der Waals surface area (Å²) >= 11 is 0. The summed E-state index contributed by atoms with van der Waals surface area (Å²) in [5.74, 6) is -0.639. The maximum Gasteiger partial charge on any atom is 0.237 e. The van der Waals surface area contributed by atoms with Crippen molar-refractivity contribution in [3.05, 3.63) is 0 Å². The highest BCUT2D eigenvalue weighted by Crippen LogP contribution is 2.00. The van der Waals surface area contributed by atoms with E-state index in [4.69, 9.17) is 5.26 Å². The van der Waals surface area contributed by atoms with E-state index in [0.717, 1.165) is 13.0 Å². The first-order valence-electron chi connectivity index (χ1n) is 5.90. The molecule has 0 spiro atoms. The van der Waals surface area contributed by atoms with Crippen molar-refractivity contribution in [1.29, 1.82) is 5.26 Å². The van der Waals surface area contributed by atoms with Crippen molar-refractivity contribution < 1.29 is 4.79 Å². The van der Waals surface area contributed by atoms with E-state index in [1.54, 1.807) is 0 Å². The highest BCUT2D eigenvalue weighted by Gasteiger charge is 2.14. The van der Waals surface area contributed by atoms with Crippen molar-refractivity contribution in [2.75, 3.05) is 20.1 Å². The summed E-state index contributed by atoms with van der Waals surface area (Å²) < 4.78 is 0. The Morgan fingerprint density at radius 2 is 2.12 bits per heavy atom. The number of hydrogen-bond acceptors (Lipinski definition) is 3. The zero-order valence-electron chi connectivity index (χ0n) is 10.8. The number of carbonyl (C=O) groups excluding carboxylic acids is 1. The van der Waals surface area contributed by atoms with Crippen LogP contribution in [0.2, 0.25) is 0 Å². The Morgan fingerprint density at radius 1 is 1.50 bits per heavy atom. The molecule has 1 unspecified atom stereocenters. The predicted molar refractivity (Wildman–Crippen MR) is 64.8 cm³/mol. The maximum atomic E-state index is 11.4. The lowest BCUT2D eigenvalue weighted by atomic mass is 10.1. The molecule has 0 rings (SSSR count). The van der Waals surface area contributed by atoms with Gasteiger partial charge in [-0.2, -0.15) is 5.26 Å². The van der Waals surface area contributed by atoms with Gasteiger partial charge in [0, 0.05) is 12.6 Å². The number of nitrogens with one attached hydrogen (secondary N) is 1. The Balaban J connectivity index is 3.67. The fourth-order valence-corrected chi connectivity index (χ4v) is 1.26. The lowest BCUT2D eigenvalue weighted by molar-refractivity contribution is -0.123. The van der Waals surface area contributed by atoms with E-state index in [-0.39, 0.29) is 5.91 Å². The van der Waals surface area contributed by atoms with Gasteiger partial charge >= 0.3 is 0 Å². The molecule has 0 aliphatic heterocycles. The SMILES string of the molecule is CCC(C#N)C(=O)NCCCN(C)C(C)C. The minimum Gasteiger partial charge on any atom is -0.355 e. The zero-order valence-corrected chi connectivity index (χ0v) is 10.8. The maximum absolute atomic E-state index is 11.4. The van der Waals surface area contributed by atoms with Crippen molar-refractivity contribution in [2.24, 2.45) is 5.92 Å². The summed E-state index contributed by atoms with van der Waals surface area (Å²) in [6.45, 7) is 7.73. The van der Waals surface area contributed by atoms with E-state index < -0.39 is 5.92 Å². The Morgan fingerprint density at radius 3 is 2.56 bits per heavy atom. The summed E-state index contributed by atoms with van der Waals surface area (Å²) in [6.07, 6.45) is 1.50. The van der Waals surface area contributed by atoms with Crippen LogP contribution in [0, 0.1) is 17.2 Å². The molecule has 0 saturated heterocycles. The van der Waals surface area contributed by atoms with Crippen LogP contribution in [0.1, 0.15) is 33.6 Å². The molecule has 0 bridgehead atoms. The molecule has 0 aliphatic rings. The van der Waals surface area contributed by atoms with Gasteiger partial charge in [-0.15, -0.1) is 0 Å². The van der Waals surface area contributed by atoms with Crippen molar-refractivity contribution in [2.45, 2.75) is 39.7 Å². The van der Waals surface area contributed by atoms with Crippen molar-refractivity contribution in [3.63, 3.8) is 0 Å². The third-order valence-electron chi connectivity index (χ3n) is 2.75. The van der Waals surface area contributed by atoms with Gasteiger partial charge in [-0.3, -0.25) is 4.79 Å². The Hall–Kier alpha value is -1.08. The number of hydrogen-bond donors (Lipinski definition) is 1. The molecule has 1 atom stereocenters. The van der Waals surface area contributed by atoms with Gasteiger partial charge in [0.05, 0.1) is 6.07 Å². The van der Waals surface area contributed by atoms with Crippen LogP contribution in [-0.2, 0) is 4.79 Å². The molecule has 0 saturated carbocycles. The van der Waals surface area contributed by atoms with Gasteiger partial charge < -0.3 is 10.2 Å². The predicted octanol–water partition coefficient (Wildman–Crippen LogP) is 1.38. The van der Waals surface area contributed by atoms with Gasteiger partial charge in [0.2, 0.25) is 5.91 Å². The number of nitrogens with zero attached hydrogens (tertiary/aromatic N) is 2. The molecule has 0 fully saturated rings. The van der Waals surface area contributed by atoms with Crippen LogP contribution in [0.5, 0.6) is 0 Å². The minimum absolute atomic E-state index is 0.141. The lowest BCUT2D eigenvalue weighted by Crippen LogP contribution is -2.33. The molecule has 16 heavy (non-hydrogen) atoms. The van der Waals surface area contributed by atoms with Gasteiger partial charge in [-0.25, -0.2) is 0 Å². The molecule has 1 N–H and O–H groups in total. The quantitative estimate of drug-likeness (QED) is 0.666. The third-order valence-corrected chi connectivity index (χ3v) is 2.75. The molecule has 0 aromatic carbocycles. The molecule has 0 aromatic rings. The van der Waals surface area contributed by atoms with Crippen LogP contribution in [0.25, 0.3) is 0 Å². The van der Waals surface area contributed by atoms with E-state index in [1.807, 2.05) is 13.0 Å². The molecule has 0 heterocycles. The molecule has 1 amide bonds. The molecular formula is C12H23N3O. The first kappa shape index (κ1) is 14.9. The average Bonchev–Trinajstić information content (AvgIpc) is 2.25. The summed E-state index contributed by atoms with van der Waals surface area (Å²) in [4.78, 5) is 13.7. The highest BCUT2D eigenvalue weighted by molar-refractivity contribution is 5.80. The van der Waals surface area contributed by atoms with E-state index in [2.05, 4.69) is 31.1 Å². The van der Waals surface area contributed by atoms with Gasteiger partial charge in [0.15, 0.2) is 0 Å². The normalized spacial score (nSPS) is 12.6. The molecule has 0 radical (unpaired) electrons. The second-order valence-electron chi connectivity index (χ2n) is 4.31. The average molecular weight is 225 g/mol. The van der Waals surface area contributed by atoms with Crippen LogP contribution >= 0.6 is 0 Å². The first-order valence-corrected chi connectivity index (χ1v) is 5.90. The summed E-state index contributed by atoms with van der Waals surface area (Å²) in [6, 6.07) is 2.52. The van der Waals surface area contributed by atoms with Crippen LogP contribution < -0.4 is 5.32 Å². The second kappa shape index (κ2) is 8.12. The van der Waals surface area contributed by atoms with Crippen LogP contribution in [0.15, 0.2) is 0 Å². The lowest BCUT2D eigenvalue weighted by Gasteiger charge is -2.20. The van der Waals surface area contributed by atoms with E-state index >= 15 is 0 Å². The molecule has 92 valence electrons. The monoisotopic (exact) mass is 225 g/mol. The molecule has 4 nitrogen and oxygen atoms in total. The highest BCUT2D eigenvalue weighted by atomic mass is 16.1. The van der Waals surface area contributed by atoms with Gasteiger partial charge in [0.25, 0.3) is 0 Å². The Kier molecular flexibility index (Phi) is 7.57. The Bertz CT molecular complexity index is 245. The van der Waals surface area contributed by atoms with Crippen molar-refractivity contribution >= 4 is 5.91 Å². The topological polar surface area (TPSA) is 56.1 Å². The number of carbonyl (C=O) groups is 1.